The van der Waals surface area contributed by atoms with Crippen LogP contribution in [0, 0.1) is 11.8 Å². The first-order chi connectivity index (χ1) is 30.1. The zero-order chi connectivity index (χ0) is 47.6. The topological polar surface area (TPSA) is 426 Å². The largest absolute Gasteiger partial charge is 0.480 e. The highest BCUT2D eigenvalue weighted by Gasteiger charge is 2.54. The maximum atomic E-state index is 13.8. The molecule has 64 heavy (non-hydrogen) atoms. The van der Waals surface area contributed by atoms with E-state index in [-0.39, 0.29) is 50.8 Å². The molecule has 0 aromatic carbocycles. The van der Waals surface area contributed by atoms with Crippen LogP contribution in [0.5, 0.6) is 0 Å². The minimum atomic E-state index is -1.93. The van der Waals surface area contributed by atoms with Crippen molar-refractivity contribution in [2.24, 2.45) is 28.3 Å². The lowest BCUT2D eigenvalue weighted by molar-refractivity contribution is -0.228. The number of aliphatic carboxylic acids is 2. The number of guanidine groups is 1. The van der Waals surface area contributed by atoms with Crippen molar-refractivity contribution in [3.8, 4) is 0 Å². The maximum Gasteiger partial charge on any atom is 0.330 e. The molecule has 360 valence electrons. The third-order valence-electron chi connectivity index (χ3n) is 10.7. The number of aliphatic imine (C=N–C) groups is 1. The van der Waals surface area contributed by atoms with E-state index >= 15 is 0 Å². The fourth-order valence-corrected chi connectivity index (χ4v) is 7.38. The number of carbonyl (C=O) groups is 5. The number of aromatic nitrogens is 2. The second-order valence-electron chi connectivity index (χ2n) is 16.4. The predicted molar refractivity (Wildman–Crippen MR) is 220 cm³/mol. The molecule has 4 heterocycles. The summed E-state index contributed by atoms with van der Waals surface area (Å²) in [6.45, 7) is 6.57. The molecular weight excluding hydrogens is 854 g/mol. The summed E-state index contributed by atoms with van der Waals surface area (Å²) in [5.74, 6) is -4.93. The van der Waals surface area contributed by atoms with Crippen molar-refractivity contribution in [2.45, 2.75) is 132 Å². The Kier molecular flexibility index (Phi) is 18.5. The van der Waals surface area contributed by atoms with Crippen LogP contribution in [0.15, 0.2) is 26.8 Å². The maximum absolute atomic E-state index is 13.8. The fraction of sp³-hybridized carbons (Fsp3) is 0.730. The molecule has 27 nitrogen and oxygen atoms in total. The normalized spacial score (nSPS) is 28.0. The zero-order valence-electron chi connectivity index (χ0n) is 35.7. The third kappa shape index (κ3) is 13.2. The Bertz CT molecular complexity index is 1930. The number of nitrogens with zero attached hydrogens (tertiary/aromatic N) is 2. The first-order valence-electron chi connectivity index (χ1n) is 20.8. The van der Waals surface area contributed by atoms with Gasteiger partial charge in [-0.25, -0.2) is 19.4 Å². The van der Waals surface area contributed by atoms with Crippen molar-refractivity contribution in [3.05, 3.63) is 33.1 Å². The molecule has 0 radical (unpaired) electrons. The molecule has 0 aliphatic carbocycles. The van der Waals surface area contributed by atoms with Gasteiger partial charge in [-0.3, -0.25) is 28.7 Å². The lowest BCUT2D eigenvalue weighted by Gasteiger charge is -2.33. The molecule has 2 saturated heterocycles. The number of urea groups is 1. The molecule has 27 heteroatoms. The molecule has 3 aliphatic heterocycles. The van der Waals surface area contributed by atoms with Crippen LogP contribution in [0.2, 0.25) is 0 Å². The van der Waals surface area contributed by atoms with Crippen LogP contribution >= 0.6 is 0 Å². The minimum absolute atomic E-state index is 0.00911. The van der Waals surface area contributed by atoms with Crippen LogP contribution < -0.4 is 54.6 Å². The van der Waals surface area contributed by atoms with Gasteiger partial charge in [0.15, 0.2) is 18.5 Å². The Morgan fingerprint density at radius 3 is 2.19 bits per heavy atom. The fourth-order valence-electron chi connectivity index (χ4n) is 7.38. The van der Waals surface area contributed by atoms with E-state index < -0.39 is 132 Å². The molecule has 1 aromatic heterocycles. The summed E-state index contributed by atoms with van der Waals surface area (Å²) in [5.41, 5.74) is 9.69. The summed E-state index contributed by atoms with van der Waals surface area (Å²) in [6, 6.07) is -6.52. The molecule has 0 saturated carbocycles. The quantitative estimate of drug-likeness (QED) is 0.0481. The highest BCUT2D eigenvalue weighted by atomic mass is 16.7. The van der Waals surface area contributed by atoms with Gasteiger partial charge in [-0.05, 0) is 37.6 Å². The summed E-state index contributed by atoms with van der Waals surface area (Å²) in [4.78, 5) is 95.3. The summed E-state index contributed by atoms with van der Waals surface area (Å²) in [5, 5.41) is 78.8. The molecule has 17 N–H and O–H groups in total. The highest BCUT2D eigenvalue weighted by molar-refractivity contribution is 5.93. The molecule has 4 rings (SSSR count). The number of nitrogens with one attached hydrogen (secondary N) is 7. The van der Waals surface area contributed by atoms with E-state index in [0.29, 0.717) is 6.54 Å². The number of hydrogen-bond acceptors (Lipinski definition) is 19. The number of carboxylic acids is 2. The Morgan fingerprint density at radius 1 is 0.922 bits per heavy atom. The number of nitrogens with two attached hydrogens (primary N) is 2. The Labute approximate surface area is 365 Å². The van der Waals surface area contributed by atoms with Crippen molar-refractivity contribution in [1.29, 1.82) is 0 Å². The van der Waals surface area contributed by atoms with Gasteiger partial charge in [-0.15, -0.1) is 0 Å². The highest BCUT2D eigenvalue weighted by Crippen LogP contribution is 2.34. The first-order valence-corrected chi connectivity index (χ1v) is 20.8. The van der Waals surface area contributed by atoms with E-state index in [1.165, 1.54) is 0 Å². The van der Waals surface area contributed by atoms with E-state index in [1.807, 2.05) is 4.98 Å². The van der Waals surface area contributed by atoms with Crippen molar-refractivity contribution >= 4 is 35.7 Å². The predicted octanol–water partition coefficient (Wildman–Crippen LogP) is -6.52. The lowest BCUT2D eigenvalue weighted by Crippen LogP contribution is -2.61. The number of amides is 4. The van der Waals surface area contributed by atoms with Gasteiger partial charge in [0, 0.05) is 31.9 Å². The first kappa shape index (κ1) is 51.4. The van der Waals surface area contributed by atoms with Crippen LogP contribution in [-0.2, 0) is 33.4 Å². The average molecular weight is 916 g/mol. The van der Waals surface area contributed by atoms with Crippen LogP contribution in [0.25, 0.3) is 0 Å². The minimum Gasteiger partial charge on any atom is -0.480 e. The van der Waals surface area contributed by atoms with Gasteiger partial charge in [0.2, 0.25) is 11.8 Å². The summed E-state index contributed by atoms with van der Waals surface area (Å²) in [6.07, 6.45) is -13.7. The molecule has 0 bridgehead atoms. The summed E-state index contributed by atoms with van der Waals surface area (Å²) in [7, 11) is 0. The van der Waals surface area contributed by atoms with Gasteiger partial charge < -0.3 is 88.2 Å². The lowest BCUT2D eigenvalue weighted by atomic mass is 9.98. The van der Waals surface area contributed by atoms with Crippen LogP contribution in [-0.4, -0.2) is 181 Å². The molecule has 3 aliphatic rings. The van der Waals surface area contributed by atoms with Gasteiger partial charge in [-0.1, -0.05) is 27.7 Å². The van der Waals surface area contributed by atoms with Crippen LogP contribution in [0.4, 0.5) is 4.79 Å². The second kappa shape index (κ2) is 23.1. The molecule has 14 atom stereocenters. The van der Waals surface area contributed by atoms with Gasteiger partial charge >= 0.3 is 23.7 Å². The number of aliphatic hydroxyl groups excluding tert-OH is 4. The van der Waals surface area contributed by atoms with Crippen molar-refractivity contribution in [2.75, 3.05) is 26.2 Å². The number of aliphatic hydroxyl groups is 4. The molecule has 2 fully saturated rings. The molecular formula is C37H61N11O16. The van der Waals surface area contributed by atoms with E-state index in [2.05, 4.69) is 36.9 Å². The molecule has 1 unspecified atom stereocenters. The van der Waals surface area contributed by atoms with Crippen molar-refractivity contribution in [1.82, 2.24) is 41.5 Å². The number of rotatable bonds is 22. The standard InChI is InChI=1S/C37H61N11O16/c1-14(2)12-17(43-30(55)21(16-6-10-42-35(39)44-16)47-36(60)46-20(15(3)4)32(56)57)29(54)41-9-5-8-40-22(33(58)59)27(64-34-26(53)23(50)18(13-38)62-34)28-24(51)25(52)31(63-28)48-11-7-19(49)45-37(48)61/h7,11,14-18,20-28,31,34,40,50-53H,5-6,8-10,12-13,38H2,1-4H3,(H,41,54)(H,43,55)(H,56,57)(H,58,59)(H3,39,42,44)(H,45,49,61)(H2,46,47,60)/t16-,17+,18+,20-,21-,22?,23+,24-,25+,26+,27-,28-,31+,34-/m0/s1. The van der Waals surface area contributed by atoms with E-state index in [9.17, 15) is 64.2 Å². The average Bonchev–Trinajstić information content (AvgIpc) is 3.66. The van der Waals surface area contributed by atoms with Gasteiger partial charge in [0.25, 0.3) is 5.56 Å². The summed E-state index contributed by atoms with van der Waals surface area (Å²) < 4.78 is 17.9. The van der Waals surface area contributed by atoms with E-state index in [4.69, 9.17) is 25.7 Å². The van der Waals surface area contributed by atoms with Gasteiger partial charge in [0.05, 0.1) is 6.04 Å². The SMILES string of the molecule is CC(C)C[C@@H](NC(=O)[C@@H](NC(=O)N[C@H](C(=O)O)C(C)C)[C@@H]1CCNC(N)=N1)C(=O)NCCCNC(C(=O)O)[C@H](O[C@@H]1O[C@H](CN)[C@@H](O)[C@H]1O)[C@H]1O[C@@H](n2ccc(=O)[nH]c2=O)[C@H](O)[C@@H]1O. The van der Waals surface area contributed by atoms with Crippen LogP contribution in [0.1, 0.15) is 53.2 Å². The Balaban J connectivity index is 1.46. The molecule has 1 aromatic rings. The second-order valence-corrected chi connectivity index (χ2v) is 16.4. The van der Waals surface area contributed by atoms with Gasteiger partial charge in [-0.2, -0.15) is 0 Å². The third-order valence-corrected chi connectivity index (χ3v) is 10.7. The van der Waals surface area contributed by atoms with E-state index in [0.717, 1.165) is 16.8 Å². The Hall–Kier alpha value is -5.26. The number of carbonyl (C=O) groups excluding carboxylic acids is 3. The summed E-state index contributed by atoms with van der Waals surface area (Å²) >= 11 is 0. The number of hydrogen-bond donors (Lipinski definition) is 15. The smallest absolute Gasteiger partial charge is 0.330 e. The number of ether oxygens (including phenoxy) is 3. The van der Waals surface area contributed by atoms with E-state index in [1.54, 1.807) is 27.7 Å². The number of carboxylic acid groups (broad SMARTS) is 2. The van der Waals surface area contributed by atoms with Crippen LogP contribution in [0.3, 0.4) is 0 Å². The van der Waals surface area contributed by atoms with Gasteiger partial charge in [0.1, 0.15) is 66.9 Å². The number of H-pyrrole nitrogens is 1. The van der Waals surface area contributed by atoms with Crippen molar-refractivity contribution < 1.29 is 68.8 Å². The Morgan fingerprint density at radius 2 is 1.61 bits per heavy atom. The van der Waals surface area contributed by atoms with Crippen molar-refractivity contribution in [3.63, 3.8) is 0 Å². The zero-order valence-corrected chi connectivity index (χ0v) is 35.7. The molecule has 4 amide bonds. The monoisotopic (exact) mass is 915 g/mol. The molecule has 0 spiro atoms. The number of aromatic amines is 1.